The van der Waals surface area contributed by atoms with Gasteiger partial charge in [-0.2, -0.15) is 13.2 Å². The third-order valence-corrected chi connectivity index (χ3v) is 1.75. The van der Waals surface area contributed by atoms with Crippen LogP contribution >= 0.6 is 0 Å². The van der Waals surface area contributed by atoms with Crippen LogP contribution in [0.5, 0.6) is 0 Å². The van der Waals surface area contributed by atoms with Crippen molar-refractivity contribution in [2.45, 2.75) is 12.7 Å². The molecule has 14 heavy (non-hydrogen) atoms. The SMILES string of the molecule is CN(C)Cc1cccc(C(F)(F)F)c1. The zero-order chi connectivity index (χ0) is 10.8. The summed E-state index contributed by atoms with van der Waals surface area (Å²) in [4.78, 5) is 1.83. The average Bonchev–Trinajstić information content (AvgIpc) is 2.01. The van der Waals surface area contributed by atoms with Gasteiger partial charge < -0.3 is 4.90 Å². The van der Waals surface area contributed by atoms with Gasteiger partial charge in [0.2, 0.25) is 0 Å². The highest BCUT2D eigenvalue weighted by Gasteiger charge is 2.30. The molecule has 0 saturated carbocycles. The maximum absolute atomic E-state index is 12.3. The number of benzene rings is 1. The predicted molar refractivity (Wildman–Crippen MR) is 48.8 cm³/mol. The van der Waals surface area contributed by atoms with Gasteiger partial charge in [0, 0.05) is 6.54 Å². The Kier molecular flexibility index (Phi) is 3.16. The summed E-state index contributed by atoms with van der Waals surface area (Å²) in [6.45, 7) is 0.518. The summed E-state index contributed by atoms with van der Waals surface area (Å²) in [5, 5.41) is 0. The van der Waals surface area contributed by atoms with Gasteiger partial charge in [0.1, 0.15) is 0 Å². The van der Waals surface area contributed by atoms with Crippen LogP contribution in [0, 0.1) is 0 Å². The molecule has 1 nitrogen and oxygen atoms in total. The van der Waals surface area contributed by atoms with E-state index in [4.69, 9.17) is 0 Å². The van der Waals surface area contributed by atoms with Crippen LogP contribution in [0.3, 0.4) is 0 Å². The molecule has 0 fully saturated rings. The Hall–Kier alpha value is -1.03. The Morgan fingerprint density at radius 3 is 2.36 bits per heavy atom. The van der Waals surface area contributed by atoms with Crippen molar-refractivity contribution in [2.24, 2.45) is 0 Å². The minimum Gasteiger partial charge on any atom is -0.305 e. The van der Waals surface area contributed by atoms with Gasteiger partial charge >= 0.3 is 6.18 Å². The second-order valence-corrected chi connectivity index (χ2v) is 3.44. The molecule has 0 aliphatic heterocycles. The normalized spacial score (nSPS) is 12.1. The highest BCUT2D eigenvalue weighted by Crippen LogP contribution is 2.29. The summed E-state index contributed by atoms with van der Waals surface area (Å²) in [6, 6.07) is 5.38. The molecule has 0 atom stereocenters. The number of alkyl halides is 3. The average molecular weight is 203 g/mol. The summed E-state index contributed by atoms with van der Waals surface area (Å²) < 4.78 is 36.9. The molecule has 0 aromatic heterocycles. The first kappa shape index (κ1) is 11.0. The third kappa shape index (κ3) is 3.03. The van der Waals surface area contributed by atoms with Crippen molar-refractivity contribution in [2.75, 3.05) is 14.1 Å². The van der Waals surface area contributed by atoms with Crippen molar-refractivity contribution >= 4 is 0 Å². The van der Waals surface area contributed by atoms with Crippen molar-refractivity contribution in [1.29, 1.82) is 0 Å². The van der Waals surface area contributed by atoms with E-state index < -0.39 is 11.7 Å². The first-order valence-electron chi connectivity index (χ1n) is 4.20. The molecule has 78 valence electrons. The standard InChI is InChI=1S/C10H12F3N/c1-14(2)7-8-4-3-5-9(6-8)10(11,12)13/h3-6H,7H2,1-2H3. The largest absolute Gasteiger partial charge is 0.416 e. The first-order chi connectivity index (χ1) is 6.39. The molecule has 1 aromatic carbocycles. The summed E-state index contributed by atoms with van der Waals surface area (Å²) in [5.41, 5.74) is 0.0849. The van der Waals surface area contributed by atoms with Crippen LogP contribution in [-0.2, 0) is 12.7 Å². The van der Waals surface area contributed by atoms with Crippen molar-refractivity contribution in [3.05, 3.63) is 35.4 Å². The maximum Gasteiger partial charge on any atom is 0.416 e. The molecule has 0 aliphatic carbocycles. The summed E-state index contributed by atoms with van der Waals surface area (Å²) >= 11 is 0. The van der Waals surface area contributed by atoms with E-state index in [1.54, 1.807) is 6.07 Å². The molecule has 1 rings (SSSR count). The zero-order valence-corrected chi connectivity index (χ0v) is 8.10. The predicted octanol–water partition coefficient (Wildman–Crippen LogP) is 2.77. The minimum absolute atomic E-state index is 0.518. The first-order valence-corrected chi connectivity index (χ1v) is 4.20. The van der Waals surface area contributed by atoms with Crippen LogP contribution in [0.2, 0.25) is 0 Å². The van der Waals surface area contributed by atoms with Crippen LogP contribution in [-0.4, -0.2) is 19.0 Å². The quantitative estimate of drug-likeness (QED) is 0.714. The van der Waals surface area contributed by atoms with E-state index in [2.05, 4.69) is 0 Å². The third-order valence-electron chi connectivity index (χ3n) is 1.75. The second-order valence-electron chi connectivity index (χ2n) is 3.44. The van der Waals surface area contributed by atoms with Gasteiger partial charge in [-0.1, -0.05) is 18.2 Å². The highest BCUT2D eigenvalue weighted by molar-refractivity contribution is 5.25. The molecule has 1 aromatic rings. The number of nitrogens with zero attached hydrogens (tertiary/aromatic N) is 1. The van der Waals surface area contributed by atoms with E-state index >= 15 is 0 Å². The lowest BCUT2D eigenvalue weighted by Crippen LogP contribution is -2.12. The molecule has 0 aliphatic rings. The molecule has 0 saturated heterocycles. The van der Waals surface area contributed by atoms with Gasteiger partial charge in [-0.25, -0.2) is 0 Å². The van der Waals surface area contributed by atoms with E-state index in [1.165, 1.54) is 12.1 Å². The van der Waals surface area contributed by atoms with E-state index in [0.29, 0.717) is 12.1 Å². The Bertz CT molecular complexity index is 304. The molecule has 0 radical (unpaired) electrons. The molecule has 0 unspecified atom stereocenters. The van der Waals surface area contributed by atoms with Crippen LogP contribution in [0.4, 0.5) is 13.2 Å². The molecule has 0 spiro atoms. The number of hydrogen-bond acceptors (Lipinski definition) is 1. The Morgan fingerprint density at radius 2 is 1.86 bits per heavy atom. The number of rotatable bonds is 2. The van der Waals surface area contributed by atoms with Crippen molar-refractivity contribution in [1.82, 2.24) is 4.90 Å². The molecule has 0 heterocycles. The number of halogens is 3. The summed E-state index contributed by atoms with van der Waals surface area (Å²) in [7, 11) is 3.64. The molecule has 0 bridgehead atoms. The Balaban J connectivity index is 2.90. The molecular weight excluding hydrogens is 191 g/mol. The second kappa shape index (κ2) is 4.00. The lowest BCUT2D eigenvalue weighted by atomic mass is 10.1. The lowest BCUT2D eigenvalue weighted by molar-refractivity contribution is -0.137. The van der Waals surface area contributed by atoms with Gasteiger partial charge in [0.05, 0.1) is 5.56 Å². The molecule has 4 heteroatoms. The molecule has 0 N–H and O–H groups in total. The zero-order valence-electron chi connectivity index (χ0n) is 8.10. The lowest BCUT2D eigenvalue weighted by Gasteiger charge is -2.12. The van der Waals surface area contributed by atoms with Gasteiger partial charge in [0.15, 0.2) is 0 Å². The molecule has 0 amide bonds. The smallest absolute Gasteiger partial charge is 0.305 e. The Labute approximate surface area is 81.1 Å². The fourth-order valence-corrected chi connectivity index (χ4v) is 1.21. The van der Waals surface area contributed by atoms with Crippen LogP contribution in [0.25, 0.3) is 0 Å². The van der Waals surface area contributed by atoms with Gasteiger partial charge in [-0.15, -0.1) is 0 Å². The van der Waals surface area contributed by atoms with E-state index in [9.17, 15) is 13.2 Å². The van der Waals surface area contributed by atoms with Gasteiger partial charge in [-0.05, 0) is 25.7 Å². The molecular formula is C10H12F3N. The summed E-state index contributed by atoms with van der Waals surface area (Å²) in [6.07, 6.45) is -4.25. The number of hydrogen-bond donors (Lipinski definition) is 0. The van der Waals surface area contributed by atoms with Crippen molar-refractivity contribution < 1.29 is 13.2 Å². The fourth-order valence-electron chi connectivity index (χ4n) is 1.21. The maximum atomic E-state index is 12.3. The van der Waals surface area contributed by atoms with E-state index in [-0.39, 0.29) is 0 Å². The summed E-state index contributed by atoms with van der Waals surface area (Å²) in [5.74, 6) is 0. The van der Waals surface area contributed by atoms with E-state index in [1.807, 2.05) is 19.0 Å². The van der Waals surface area contributed by atoms with Crippen LogP contribution in [0.1, 0.15) is 11.1 Å². The van der Waals surface area contributed by atoms with Crippen molar-refractivity contribution in [3.8, 4) is 0 Å². The topological polar surface area (TPSA) is 3.24 Å². The fraction of sp³-hybridized carbons (Fsp3) is 0.400. The highest BCUT2D eigenvalue weighted by atomic mass is 19.4. The minimum atomic E-state index is -4.25. The van der Waals surface area contributed by atoms with Gasteiger partial charge in [0.25, 0.3) is 0 Å². The van der Waals surface area contributed by atoms with Gasteiger partial charge in [-0.3, -0.25) is 0 Å². The Morgan fingerprint density at radius 1 is 1.21 bits per heavy atom. The monoisotopic (exact) mass is 203 g/mol. The van der Waals surface area contributed by atoms with Crippen LogP contribution < -0.4 is 0 Å². The van der Waals surface area contributed by atoms with E-state index in [0.717, 1.165) is 6.07 Å². The van der Waals surface area contributed by atoms with Crippen LogP contribution in [0.15, 0.2) is 24.3 Å². The van der Waals surface area contributed by atoms with Crippen molar-refractivity contribution in [3.63, 3.8) is 0 Å².